The van der Waals surface area contributed by atoms with Gasteiger partial charge in [-0.3, -0.25) is 9.59 Å². The summed E-state index contributed by atoms with van der Waals surface area (Å²) in [7, 11) is 1.75. The zero-order valence-electron chi connectivity index (χ0n) is 18.3. The first-order valence-electron chi connectivity index (χ1n) is 10.4. The average molecular weight is 434 g/mol. The molecule has 0 fully saturated rings. The van der Waals surface area contributed by atoms with Crippen LogP contribution in [0, 0.1) is 12.3 Å². The summed E-state index contributed by atoms with van der Waals surface area (Å²) in [5.74, 6) is 0.752. The first kappa shape index (κ1) is 21.6. The predicted octanol–water partition coefficient (Wildman–Crippen LogP) is 3.17. The van der Waals surface area contributed by atoms with E-state index in [-0.39, 0.29) is 25.0 Å². The Labute approximate surface area is 185 Å². The molecule has 2 amide bonds. The molecule has 1 aromatic carbocycles. The minimum absolute atomic E-state index is 0.154. The topological polar surface area (TPSA) is 108 Å². The summed E-state index contributed by atoms with van der Waals surface area (Å²) < 4.78 is 5.79. The van der Waals surface area contributed by atoms with Crippen molar-refractivity contribution in [3.8, 4) is 0 Å². The molecule has 0 spiro atoms. The van der Waals surface area contributed by atoms with Crippen LogP contribution in [0.15, 0.2) is 47.0 Å². The standard InChI is InChI=1S/C24H26N4O4/c1-15-18(17-6-4-5-7-20(17)32-15)12-28(3)21(30)9-8-16-10-19-22(25-11-16)27-23(31)24(2,14-29)13-26-19/h4-11,26,29H,12-14H2,1-3H3,(H,25,27,31). The van der Waals surface area contributed by atoms with Crippen LogP contribution in [-0.4, -0.2) is 47.0 Å². The fourth-order valence-electron chi connectivity index (χ4n) is 3.59. The summed E-state index contributed by atoms with van der Waals surface area (Å²) in [6.45, 7) is 4.01. The van der Waals surface area contributed by atoms with E-state index in [1.54, 1.807) is 31.1 Å². The number of fused-ring (bicyclic) bond motifs is 2. The molecular weight excluding hydrogens is 408 g/mol. The monoisotopic (exact) mass is 434 g/mol. The molecule has 1 aliphatic heterocycles. The Kier molecular flexibility index (Phi) is 5.71. The summed E-state index contributed by atoms with van der Waals surface area (Å²) in [6.07, 6.45) is 4.76. The molecule has 3 aromatic rings. The minimum Gasteiger partial charge on any atom is -0.461 e. The van der Waals surface area contributed by atoms with E-state index in [2.05, 4.69) is 15.6 Å². The fraction of sp³-hybridized carbons (Fsp3) is 0.292. The molecule has 8 nitrogen and oxygen atoms in total. The first-order chi connectivity index (χ1) is 15.3. The van der Waals surface area contributed by atoms with Gasteiger partial charge >= 0.3 is 0 Å². The molecule has 1 atom stereocenters. The number of benzene rings is 1. The SMILES string of the molecule is Cc1oc2ccccc2c1CN(C)C(=O)C=Cc1cnc2c(c1)NCC(C)(CO)C(=O)N2. The van der Waals surface area contributed by atoms with E-state index in [9.17, 15) is 14.7 Å². The number of nitrogens with zero attached hydrogens (tertiary/aromatic N) is 2. The zero-order chi connectivity index (χ0) is 22.9. The van der Waals surface area contributed by atoms with Crippen molar-refractivity contribution < 1.29 is 19.1 Å². The maximum absolute atomic E-state index is 12.7. The highest BCUT2D eigenvalue weighted by molar-refractivity contribution is 5.99. The lowest BCUT2D eigenvalue weighted by atomic mass is 9.91. The molecule has 0 saturated carbocycles. The molecule has 0 aliphatic carbocycles. The molecule has 4 rings (SSSR count). The van der Waals surface area contributed by atoms with Crippen molar-refractivity contribution in [2.75, 3.05) is 30.8 Å². The molecule has 0 radical (unpaired) electrons. The van der Waals surface area contributed by atoms with Crippen molar-refractivity contribution >= 4 is 40.4 Å². The number of anilines is 2. The highest BCUT2D eigenvalue weighted by Gasteiger charge is 2.35. The van der Waals surface area contributed by atoms with Crippen molar-refractivity contribution in [2.45, 2.75) is 20.4 Å². The number of carbonyl (C=O) groups excluding carboxylic acids is 2. The van der Waals surface area contributed by atoms with Crippen LogP contribution in [0.25, 0.3) is 17.0 Å². The number of aliphatic hydroxyl groups excluding tert-OH is 1. The predicted molar refractivity (Wildman–Crippen MR) is 123 cm³/mol. The van der Waals surface area contributed by atoms with E-state index in [0.717, 1.165) is 22.3 Å². The second-order valence-electron chi connectivity index (χ2n) is 8.35. The molecular formula is C24H26N4O4. The number of hydrogen-bond donors (Lipinski definition) is 3. The third-order valence-electron chi connectivity index (χ3n) is 5.80. The van der Waals surface area contributed by atoms with Crippen LogP contribution in [-0.2, 0) is 16.1 Å². The molecule has 166 valence electrons. The largest absolute Gasteiger partial charge is 0.461 e. The third kappa shape index (κ3) is 4.09. The Hall–Kier alpha value is -3.65. The van der Waals surface area contributed by atoms with Gasteiger partial charge in [-0.25, -0.2) is 4.98 Å². The summed E-state index contributed by atoms with van der Waals surface area (Å²) >= 11 is 0. The molecule has 32 heavy (non-hydrogen) atoms. The second kappa shape index (κ2) is 8.47. The Morgan fingerprint density at radius 1 is 1.38 bits per heavy atom. The Morgan fingerprint density at radius 3 is 2.94 bits per heavy atom. The van der Waals surface area contributed by atoms with Crippen LogP contribution in [0.4, 0.5) is 11.5 Å². The van der Waals surface area contributed by atoms with Crippen molar-refractivity contribution in [3.05, 3.63) is 59.5 Å². The average Bonchev–Trinajstić information content (AvgIpc) is 3.04. The Bertz CT molecular complexity index is 1220. The molecule has 8 heteroatoms. The van der Waals surface area contributed by atoms with Gasteiger partial charge in [0.25, 0.3) is 0 Å². The lowest BCUT2D eigenvalue weighted by Gasteiger charge is -2.22. The van der Waals surface area contributed by atoms with E-state index < -0.39 is 5.41 Å². The first-order valence-corrected chi connectivity index (χ1v) is 10.4. The van der Waals surface area contributed by atoms with Crippen LogP contribution in [0.2, 0.25) is 0 Å². The molecule has 0 saturated heterocycles. The van der Waals surface area contributed by atoms with Crippen molar-refractivity contribution in [1.29, 1.82) is 0 Å². The van der Waals surface area contributed by atoms with Gasteiger partial charge in [0.2, 0.25) is 11.8 Å². The van der Waals surface area contributed by atoms with Crippen LogP contribution < -0.4 is 10.6 Å². The van der Waals surface area contributed by atoms with Crippen molar-refractivity contribution in [3.63, 3.8) is 0 Å². The quantitative estimate of drug-likeness (QED) is 0.533. The number of aryl methyl sites for hydroxylation is 1. The highest BCUT2D eigenvalue weighted by Crippen LogP contribution is 2.29. The van der Waals surface area contributed by atoms with Crippen molar-refractivity contribution in [1.82, 2.24) is 9.88 Å². The second-order valence-corrected chi connectivity index (χ2v) is 8.35. The maximum atomic E-state index is 12.7. The maximum Gasteiger partial charge on any atom is 0.246 e. The molecule has 0 bridgehead atoms. The number of rotatable bonds is 5. The number of amides is 2. The van der Waals surface area contributed by atoms with Gasteiger partial charge in [0.15, 0.2) is 5.82 Å². The normalized spacial score (nSPS) is 18.2. The summed E-state index contributed by atoms with van der Waals surface area (Å²) in [5, 5.41) is 16.5. The fourth-order valence-corrected chi connectivity index (χ4v) is 3.59. The van der Waals surface area contributed by atoms with Gasteiger partial charge in [-0.1, -0.05) is 18.2 Å². The minimum atomic E-state index is -0.940. The van der Waals surface area contributed by atoms with Gasteiger partial charge in [-0.05, 0) is 37.6 Å². The third-order valence-corrected chi connectivity index (χ3v) is 5.80. The molecule has 1 unspecified atom stereocenters. The number of hydrogen-bond acceptors (Lipinski definition) is 6. The number of aliphatic hydroxyl groups is 1. The number of likely N-dealkylation sites (N-methyl/N-ethyl adjacent to an activating group) is 1. The van der Waals surface area contributed by atoms with E-state index >= 15 is 0 Å². The van der Waals surface area contributed by atoms with Gasteiger partial charge in [-0.15, -0.1) is 0 Å². The molecule has 3 N–H and O–H groups in total. The van der Waals surface area contributed by atoms with Crippen molar-refractivity contribution in [2.24, 2.45) is 5.41 Å². The Balaban J connectivity index is 1.47. The summed E-state index contributed by atoms with van der Waals surface area (Å²) in [6, 6.07) is 9.59. The van der Waals surface area contributed by atoms with E-state index in [1.165, 1.54) is 6.08 Å². The van der Waals surface area contributed by atoms with E-state index in [0.29, 0.717) is 23.6 Å². The van der Waals surface area contributed by atoms with Gasteiger partial charge in [0, 0.05) is 43.4 Å². The number of nitrogens with one attached hydrogen (secondary N) is 2. The van der Waals surface area contributed by atoms with E-state index in [4.69, 9.17) is 4.42 Å². The lowest BCUT2D eigenvalue weighted by molar-refractivity contribution is -0.126. The van der Waals surface area contributed by atoms with Gasteiger partial charge in [0.05, 0.1) is 17.7 Å². The van der Waals surface area contributed by atoms with Gasteiger partial charge in [-0.2, -0.15) is 0 Å². The van der Waals surface area contributed by atoms with Crippen LogP contribution in [0.5, 0.6) is 0 Å². The number of para-hydroxylation sites is 1. The van der Waals surface area contributed by atoms with Crippen LogP contribution >= 0.6 is 0 Å². The number of aromatic nitrogens is 1. The number of pyridine rings is 1. The van der Waals surface area contributed by atoms with Crippen LogP contribution in [0.3, 0.4) is 0 Å². The molecule has 1 aliphatic rings. The number of carbonyl (C=O) groups is 2. The van der Waals surface area contributed by atoms with Gasteiger partial charge < -0.3 is 25.1 Å². The number of furan rings is 1. The zero-order valence-corrected chi connectivity index (χ0v) is 18.3. The smallest absolute Gasteiger partial charge is 0.246 e. The summed E-state index contributed by atoms with van der Waals surface area (Å²) in [5.41, 5.74) is 2.21. The molecule has 2 aromatic heterocycles. The lowest BCUT2D eigenvalue weighted by Crippen LogP contribution is -2.40. The van der Waals surface area contributed by atoms with Gasteiger partial charge in [0.1, 0.15) is 11.3 Å². The molecule has 3 heterocycles. The van der Waals surface area contributed by atoms with E-state index in [1.807, 2.05) is 37.3 Å². The Morgan fingerprint density at radius 2 is 2.16 bits per heavy atom. The highest BCUT2D eigenvalue weighted by atomic mass is 16.3. The van der Waals surface area contributed by atoms with Crippen LogP contribution in [0.1, 0.15) is 23.8 Å². The summed E-state index contributed by atoms with van der Waals surface area (Å²) in [4.78, 5) is 30.9.